The van der Waals surface area contributed by atoms with E-state index in [-0.39, 0.29) is 31.9 Å². The summed E-state index contributed by atoms with van der Waals surface area (Å²) in [6.07, 6.45) is 0. The molecule has 10 heteroatoms. The quantitative estimate of drug-likeness (QED) is 0.275. The molecule has 0 aliphatic carbocycles. The maximum Gasteiger partial charge on any atom is 0.289 e. The Morgan fingerprint density at radius 2 is 1.52 bits per heavy atom. The van der Waals surface area contributed by atoms with Gasteiger partial charge in [0.05, 0.1) is 0 Å². The van der Waals surface area contributed by atoms with Crippen LogP contribution in [0.4, 0.5) is 23.2 Å². The molecule has 0 atom stereocenters. The van der Waals surface area contributed by atoms with Gasteiger partial charge < -0.3 is 14.2 Å². The Hall–Kier alpha value is -2.71. The van der Waals surface area contributed by atoms with Crippen molar-refractivity contribution in [3.63, 3.8) is 0 Å². The Bertz CT molecular complexity index is 1130. The molecule has 0 spiro atoms. The molecule has 2 aromatic carbocycles. The van der Waals surface area contributed by atoms with Gasteiger partial charge in [0.25, 0.3) is 5.91 Å². The molecule has 0 radical (unpaired) electrons. The molecular weight excluding hydrogens is 459 g/mol. The lowest BCUT2D eigenvalue weighted by Gasteiger charge is -2.36. The largest absolute Gasteiger partial charge is 0.451 e. The van der Waals surface area contributed by atoms with Crippen molar-refractivity contribution in [1.29, 1.82) is 0 Å². The van der Waals surface area contributed by atoms with E-state index in [9.17, 15) is 22.4 Å². The number of carbonyl (C=O) groups excluding carboxylic acids is 1. The van der Waals surface area contributed by atoms with Gasteiger partial charge in [0.1, 0.15) is 16.5 Å². The Kier molecular flexibility index (Phi) is 5.85. The van der Waals surface area contributed by atoms with E-state index in [1.807, 2.05) is 0 Å². The smallest absolute Gasteiger partial charge is 0.289 e. The molecule has 1 saturated heterocycles. The van der Waals surface area contributed by atoms with Crippen molar-refractivity contribution in [2.75, 3.05) is 31.1 Å². The lowest BCUT2D eigenvalue weighted by Crippen LogP contribution is -2.49. The fraction of sp³-hybridized carbons (Fsp3) is 0.190. The maximum absolute atomic E-state index is 14.2. The maximum atomic E-state index is 14.2. The summed E-state index contributed by atoms with van der Waals surface area (Å²) < 4.78 is 61.5. The molecule has 2 heterocycles. The molecular formula is C21H14Cl2F4N2O2. The average molecular weight is 473 g/mol. The van der Waals surface area contributed by atoms with Crippen molar-refractivity contribution >= 4 is 34.8 Å². The minimum absolute atomic E-state index is 0.0397. The SMILES string of the molecule is O=C(c1ccc(-c2cccc(Cl)c2)o1)N1CCN(c2c(F)c(F)c(Cl)c(F)c2F)CC1. The molecule has 1 aromatic heterocycles. The number of rotatable bonds is 3. The highest BCUT2D eigenvalue weighted by Gasteiger charge is 2.31. The minimum Gasteiger partial charge on any atom is -0.451 e. The van der Waals surface area contributed by atoms with Crippen LogP contribution in [-0.4, -0.2) is 37.0 Å². The second-order valence-electron chi connectivity index (χ2n) is 6.87. The molecule has 162 valence electrons. The molecule has 1 aliphatic rings. The first-order chi connectivity index (χ1) is 14.8. The van der Waals surface area contributed by atoms with Crippen LogP contribution in [-0.2, 0) is 0 Å². The minimum atomic E-state index is -1.65. The highest BCUT2D eigenvalue weighted by molar-refractivity contribution is 6.31. The third kappa shape index (κ3) is 3.97. The monoisotopic (exact) mass is 472 g/mol. The molecule has 4 rings (SSSR count). The van der Waals surface area contributed by atoms with Crippen molar-refractivity contribution in [3.05, 3.63) is 75.5 Å². The Balaban J connectivity index is 1.48. The van der Waals surface area contributed by atoms with Crippen molar-refractivity contribution in [2.24, 2.45) is 0 Å². The number of hydrogen-bond donors (Lipinski definition) is 0. The molecule has 0 unspecified atom stereocenters. The van der Waals surface area contributed by atoms with E-state index in [0.717, 1.165) is 4.90 Å². The molecule has 1 fully saturated rings. The fourth-order valence-corrected chi connectivity index (χ4v) is 3.77. The first-order valence-corrected chi connectivity index (χ1v) is 9.95. The number of nitrogens with zero attached hydrogens (tertiary/aromatic N) is 2. The molecule has 4 nitrogen and oxygen atoms in total. The average Bonchev–Trinajstić information content (AvgIpc) is 3.27. The summed E-state index contributed by atoms with van der Waals surface area (Å²) in [5.74, 6) is -6.31. The normalized spacial score (nSPS) is 14.3. The van der Waals surface area contributed by atoms with E-state index in [4.69, 9.17) is 27.6 Å². The van der Waals surface area contributed by atoms with Crippen molar-refractivity contribution in [2.45, 2.75) is 0 Å². The first kappa shape index (κ1) is 21.5. The van der Waals surface area contributed by atoms with Crippen LogP contribution in [0, 0.1) is 23.3 Å². The third-order valence-corrected chi connectivity index (χ3v) is 5.56. The number of hydrogen-bond acceptors (Lipinski definition) is 3. The predicted octanol–water partition coefficient (Wildman–Crippen LogP) is 5.77. The number of anilines is 1. The molecule has 0 saturated carbocycles. The topological polar surface area (TPSA) is 36.7 Å². The second kappa shape index (κ2) is 8.43. The zero-order chi connectivity index (χ0) is 22.3. The van der Waals surface area contributed by atoms with Gasteiger partial charge >= 0.3 is 0 Å². The molecule has 1 amide bonds. The van der Waals surface area contributed by atoms with Crippen molar-refractivity contribution in [1.82, 2.24) is 4.90 Å². The van der Waals surface area contributed by atoms with E-state index >= 15 is 0 Å². The number of benzene rings is 2. The van der Waals surface area contributed by atoms with Gasteiger partial charge in [-0.25, -0.2) is 17.6 Å². The summed E-state index contributed by atoms with van der Waals surface area (Å²) in [5, 5.41) is -0.715. The molecule has 0 bridgehead atoms. The number of carbonyl (C=O) groups is 1. The van der Waals surface area contributed by atoms with E-state index in [1.54, 1.807) is 30.3 Å². The fourth-order valence-electron chi connectivity index (χ4n) is 3.41. The number of furan rings is 1. The van der Waals surface area contributed by atoms with Crippen LogP contribution in [0.15, 0.2) is 40.8 Å². The summed E-state index contributed by atoms with van der Waals surface area (Å²) in [7, 11) is 0. The van der Waals surface area contributed by atoms with Gasteiger partial charge in [-0.05, 0) is 24.3 Å². The Morgan fingerprint density at radius 1 is 0.871 bits per heavy atom. The van der Waals surface area contributed by atoms with Crippen LogP contribution >= 0.6 is 23.2 Å². The summed E-state index contributed by atoms with van der Waals surface area (Å²) in [4.78, 5) is 15.3. The van der Waals surface area contributed by atoms with Crippen LogP contribution in [0.5, 0.6) is 0 Å². The highest BCUT2D eigenvalue weighted by atomic mass is 35.5. The predicted molar refractivity (Wildman–Crippen MR) is 109 cm³/mol. The number of amides is 1. The summed E-state index contributed by atoms with van der Waals surface area (Å²) in [6, 6.07) is 10.1. The van der Waals surface area contributed by atoms with E-state index in [0.29, 0.717) is 16.3 Å². The van der Waals surface area contributed by atoms with Gasteiger partial charge in [-0.1, -0.05) is 35.3 Å². The van der Waals surface area contributed by atoms with Crippen molar-refractivity contribution in [3.8, 4) is 11.3 Å². The van der Waals surface area contributed by atoms with Crippen molar-refractivity contribution < 1.29 is 26.8 Å². The van der Waals surface area contributed by atoms with Gasteiger partial charge in [-0.3, -0.25) is 4.79 Å². The van der Waals surface area contributed by atoms with E-state index in [2.05, 4.69) is 0 Å². The number of halogens is 6. The van der Waals surface area contributed by atoms with Crippen LogP contribution in [0.2, 0.25) is 10.0 Å². The van der Waals surface area contributed by atoms with Gasteiger partial charge in [0, 0.05) is 36.8 Å². The molecule has 3 aromatic rings. The summed E-state index contributed by atoms with van der Waals surface area (Å²) in [6.45, 7) is 0.0530. The zero-order valence-corrected chi connectivity index (χ0v) is 17.3. The second-order valence-corrected chi connectivity index (χ2v) is 7.69. The first-order valence-electron chi connectivity index (χ1n) is 9.19. The van der Waals surface area contributed by atoms with Gasteiger partial charge in [0.15, 0.2) is 29.0 Å². The van der Waals surface area contributed by atoms with Crippen LogP contribution < -0.4 is 4.90 Å². The number of piperazine rings is 1. The van der Waals surface area contributed by atoms with Crippen LogP contribution in [0.1, 0.15) is 10.6 Å². The van der Waals surface area contributed by atoms with E-state index < -0.39 is 39.9 Å². The van der Waals surface area contributed by atoms with E-state index in [1.165, 1.54) is 11.0 Å². The zero-order valence-electron chi connectivity index (χ0n) is 15.8. The molecule has 0 N–H and O–H groups in total. The Labute approximate surface area is 184 Å². The van der Waals surface area contributed by atoms with Gasteiger partial charge in [-0.2, -0.15) is 0 Å². The lowest BCUT2D eigenvalue weighted by atomic mass is 10.2. The summed E-state index contributed by atoms with van der Waals surface area (Å²) in [5.41, 5.74) is -0.137. The lowest BCUT2D eigenvalue weighted by molar-refractivity contribution is 0.0715. The molecule has 1 aliphatic heterocycles. The van der Waals surface area contributed by atoms with Gasteiger partial charge in [-0.15, -0.1) is 0 Å². The Morgan fingerprint density at radius 3 is 2.13 bits per heavy atom. The van der Waals surface area contributed by atoms with Crippen LogP contribution in [0.3, 0.4) is 0 Å². The van der Waals surface area contributed by atoms with Gasteiger partial charge in [0.2, 0.25) is 0 Å². The van der Waals surface area contributed by atoms with Crippen LogP contribution in [0.25, 0.3) is 11.3 Å². The highest BCUT2D eigenvalue weighted by Crippen LogP contribution is 2.34. The molecule has 31 heavy (non-hydrogen) atoms. The summed E-state index contributed by atoms with van der Waals surface area (Å²) >= 11 is 11.2. The third-order valence-electron chi connectivity index (χ3n) is 5.00. The standard InChI is InChI=1S/C21H14Cl2F4N2O2/c22-12-3-1-2-11(10-12)13-4-5-14(31-13)21(30)29-8-6-28(7-9-29)20-18(26)16(24)15(23)17(25)19(20)27/h1-5,10H,6-9H2.